The van der Waals surface area contributed by atoms with Crippen LogP contribution >= 0.6 is 11.8 Å². The van der Waals surface area contributed by atoms with E-state index in [0.717, 1.165) is 28.3 Å². The molecule has 0 spiro atoms. The van der Waals surface area contributed by atoms with Gasteiger partial charge in [-0.2, -0.15) is 4.68 Å². The van der Waals surface area contributed by atoms with Gasteiger partial charge in [0, 0.05) is 5.69 Å². The summed E-state index contributed by atoms with van der Waals surface area (Å²) in [7, 11) is 1.62. The first kappa shape index (κ1) is 19.8. The third kappa shape index (κ3) is 4.11. The highest BCUT2D eigenvalue weighted by atomic mass is 32.2. The van der Waals surface area contributed by atoms with Crippen LogP contribution in [0.5, 0.6) is 5.75 Å². The van der Waals surface area contributed by atoms with Crippen LogP contribution < -0.4 is 10.1 Å². The number of hydrogen-bond acceptors (Lipinski definition) is 7. The van der Waals surface area contributed by atoms with Crippen LogP contribution in [0.2, 0.25) is 0 Å². The maximum Gasteiger partial charge on any atom is 0.234 e. The summed E-state index contributed by atoms with van der Waals surface area (Å²) in [5.41, 5.74) is 4.93. The van der Waals surface area contributed by atoms with E-state index >= 15 is 0 Å². The topological polar surface area (TPSA) is 94.8 Å². The average Bonchev–Trinajstić information content (AvgIpc) is 3.19. The number of nitrogens with one attached hydrogen (secondary N) is 1. The molecule has 0 fully saturated rings. The molecule has 0 saturated heterocycles. The fourth-order valence-corrected chi connectivity index (χ4v) is 3.74. The Kier molecular flexibility index (Phi) is 5.62. The highest BCUT2D eigenvalue weighted by Crippen LogP contribution is 2.25. The Morgan fingerprint density at radius 1 is 1.13 bits per heavy atom. The van der Waals surface area contributed by atoms with Gasteiger partial charge in [-0.3, -0.25) is 4.79 Å². The number of aryl methyl sites for hydroxylation is 2. The first-order chi connectivity index (χ1) is 14.5. The van der Waals surface area contributed by atoms with Crippen molar-refractivity contribution in [3.63, 3.8) is 0 Å². The van der Waals surface area contributed by atoms with Gasteiger partial charge in [0.05, 0.1) is 18.6 Å². The van der Waals surface area contributed by atoms with Crippen LogP contribution in [-0.4, -0.2) is 43.7 Å². The first-order valence-electron chi connectivity index (χ1n) is 9.26. The molecule has 0 aliphatic heterocycles. The van der Waals surface area contributed by atoms with E-state index in [9.17, 15) is 4.79 Å². The van der Waals surface area contributed by atoms with Gasteiger partial charge in [0.25, 0.3) is 0 Å². The van der Waals surface area contributed by atoms with Crippen LogP contribution in [0, 0.1) is 13.8 Å². The number of anilines is 1. The molecule has 152 valence electrons. The summed E-state index contributed by atoms with van der Waals surface area (Å²) in [6.45, 7) is 4.00. The Morgan fingerprint density at radius 2 is 1.93 bits per heavy atom. The van der Waals surface area contributed by atoms with Gasteiger partial charge in [0.15, 0.2) is 11.2 Å². The minimum atomic E-state index is -0.110. The molecule has 2 aromatic carbocycles. The van der Waals surface area contributed by atoms with Crippen molar-refractivity contribution in [2.24, 2.45) is 0 Å². The molecule has 4 aromatic rings. The van der Waals surface area contributed by atoms with Gasteiger partial charge in [-0.05, 0) is 49.7 Å². The van der Waals surface area contributed by atoms with Crippen molar-refractivity contribution < 1.29 is 9.53 Å². The largest absolute Gasteiger partial charge is 0.497 e. The number of rotatable bonds is 6. The molecule has 0 saturated carbocycles. The average molecular weight is 420 g/mol. The Bertz CT molecular complexity index is 1210. The van der Waals surface area contributed by atoms with Crippen LogP contribution in [0.1, 0.15) is 11.1 Å². The summed E-state index contributed by atoms with van der Waals surface area (Å²) in [4.78, 5) is 21.0. The Balaban J connectivity index is 1.50. The zero-order valence-electron chi connectivity index (χ0n) is 16.8. The summed E-state index contributed by atoms with van der Waals surface area (Å²) in [5, 5.41) is 12.0. The zero-order chi connectivity index (χ0) is 21.1. The van der Waals surface area contributed by atoms with E-state index in [4.69, 9.17) is 4.74 Å². The van der Waals surface area contributed by atoms with E-state index in [1.165, 1.54) is 18.1 Å². The first-order valence-corrected chi connectivity index (χ1v) is 10.2. The van der Waals surface area contributed by atoms with Crippen molar-refractivity contribution in [3.05, 3.63) is 59.9 Å². The van der Waals surface area contributed by atoms with Gasteiger partial charge in [-0.15, -0.1) is 5.10 Å². The summed E-state index contributed by atoms with van der Waals surface area (Å²) in [6.07, 6.45) is 1.45. The van der Waals surface area contributed by atoms with Crippen molar-refractivity contribution in [3.8, 4) is 11.4 Å². The SMILES string of the molecule is COc1ccc(-n2nnc3c(SCC(=O)Nc4ccc(C)cc4C)ncnc32)cc1. The number of aromatic nitrogens is 5. The molecule has 0 bridgehead atoms. The van der Waals surface area contributed by atoms with E-state index < -0.39 is 0 Å². The number of ether oxygens (including phenoxy) is 1. The maximum absolute atomic E-state index is 12.4. The van der Waals surface area contributed by atoms with E-state index in [1.54, 1.807) is 11.8 Å². The fourth-order valence-electron chi connectivity index (χ4n) is 3.01. The molecule has 0 radical (unpaired) electrons. The van der Waals surface area contributed by atoms with Crippen LogP contribution in [-0.2, 0) is 4.79 Å². The smallest absolute Gasteiger partial charge is 0.234 e. The Hall–Kier alpha value is -3.46. The molecule has 1 amide bonds. The number of benzene rings is 2. The number of methoxy groups -OCH3 is 1. The maximum atomic E-state index is 12.4. The lowest BCUT2D eigenvalue weighted by atomic mass is 10.1. The molecule has 2 aromatic heterocycles. The normalized spacial score (nSPS) is 10.9. The van der Waals surface area contributed by atoms with Gasteiger partial charge in [0.1, 0.15) is 17.1 Å². The minimum absolute atomic E-state index is 0.110. The zero-order valence-corrected chi connectivity index (χ0v) is 17.6. The number of carbonyl (C=O) groups excluding carboxylic acids is 1. The molecule has 1 N–H and O–H groups in total. The number of hydrogen-bond donors (Lipinski definition) is 1. The molecule has 30 heavy (non-hydrogen) atoms. The highest BCUT2D eigenvalue weighted by Gasteiger charge is 2.15. The van der Waals surface area contributed by atoms with Gasteiger partial charge in [-0.25, -0.2) is 9.97 Å². The molecule has 0 atom stereocenters. The predicted octanol–water partition coefficient (Wildman–Crippen LogP) is 3.57. The van der Waals surface area contributed by atoms with Crippen molar-refractivity contribution in [2.75, 3.05) is 18.2 Å². The number of carbonyl (C=O) groups is 1. The lowest BCUT2D eigenvalue weighted by molar-refractivity contribution is -0.113. The second-order valence-electron chi connectivity index (χ2n) is 6.71. The molecule has 0 aliphatic carbocycles. The lowest BCUT2D eigenvalue weighted by Gasteiger charge is -2.09. The second-order valence-corrected chi connectivity index (χ2v) is 7.67. The van der Waals surface area contributed by atoms with Crippen molar-refractivity contribution in [2.45, 2.75) is 18.9 Å². The Labute approximate surface area is 177 Å². The monoisotopic (exact) mass is 420 g/mol. The third-order valence-electron chi connectivity index (χ3n) is 4.52. The molecular weight excluding hydrogens is 400 g/mol. The van der Waals surface area contributed by atoms with E-state index in [1.807, 2.05) is 56.3 Å². The standard InChI is InChI=1S/C21H20N6O2S/c1-13-4-9-17(14(2)10-13)24-18(28)11-30-21-19-20(22-12-23-21)27(26-25-19)15-5-7-16(29-3)8-6-15/h4-10,12H,11H2,1-3H3,(H,24,28). The number of thioether (sulfide) groups is 1. The summed E-state index contributed by atoms with van der Waals surface area (Å²) in [6, 6.07) is 13.4. The van der Waals surface area contributed by atoms with Crippen LogP contribution in [0.25, 0.3) is 16.9 Å². The van der Waals surface area contributed by atoms with Crippen LogP contribution in [0.15, 0.2) is 53.8 Å². The van der Waals surface area contributed by atoms with Crippen LogP contribution in [0.4, 0.5) is 5.69 Å². The molecule has 0 unspecified atom stereocenters. The van der Waals surface area contributed by atoms with Crippen molar-refractivity contribution >= 4 is 34.5 Å². The number of nitrogens with zero attached hydrogens (tertiary/aromatic N) is 5. The molecular formula is C21H20N6O2S. The van der Waals surface area contributed by atoms with Crippen molar-refractivity contribution in [1.29, 1.82) is 0 Å². The van der Waals surface area contributed by atoms with Gasteiger partial charge in [-0.1, -0.05) is 34.7 Å². The van der Waals surface area contributed by atoms with Crippen LogP contribution in [0.3, 0.4) is 0 Å². The molecule has 8 nitrogen and oxygen atoms in total. The minimum Gasteiger partial charge on any atom is -0.497 e. The van der Waals surface area contributed by atoms with E-state index in [-0.39, 0.29) is 11.7 Å². The van der Waals surface area contributed by atoms with E-state index in [2.05, 4.69) is 25.6 Å². The fraction of sp³-hybridized carbons (Fsp3) is 0.190. The quantitative estimate of drug-likeness (QED) is 0.376. The molecule has 4 rings (SSSR count). The Morgan fingerprint density at radius 3 is 2.67 bits per heavy atom. The lowest BCUT2D eigenvalue weighted by Crippen LogP contribution is -2.15. The summed E-state index contributed by atoms with van der Waals surface area (Å²) in [5.74, 6) is 0.847. The summed E-state index contributed by atoms with van der Waals surface area (Å²) < 4.78 is 6.83. The predicted molar refractivity (Wildman–Crippen MR) is 116 cm³/mol. The molecule has 2 heterocycles. The van der Waals surface area contributed by atoms with Crippen molar-refractivity contribution in [1.82, 2.24) is 25.0 Å². The second kappa shape index (κ2) is 8.50. The van der Waals surface area contributed by atoms with E-state index in [0.29, 0.717) is 16.2 Å². The molecule has 9 heteroatoms. The summed E-state index contributed by atoms with van der Waals surface area (Å²) >= 11 is 1.30. The van der Waals surface area contributed by atoms with Gasteiger partial charge >= 0.3 is 0 Å². The van der Waals surface area contributed by atoms with Gasteiger partial charge < -0.3 is 10.1 Å². The third-order valence-corrected chi connectivity index (χ3v) is 5.50. The highest BCUT2D eigenvalue weighted by molar-refractivity contribution is 8.00. The molecule has 0 aliphatic rings. The number of amides is 1. The number of fused-ring (bicyclic) bond motifs is 1. The van der Waals surface area contributed by atoms with Gasteiger partial charge in [0.2, 0.25) is 5.91 Å².